The van der Waals surface area contributed by atoms with E-state index in [4.69, 9.17) is 0 Å². The summed E-state index contributed by atoms with van der Waals surface area (Å²) in [5.74, 6) is -1.19. The van der Waals surface area contributed by atoms with Gasteiger partial charge in [0.2, 0.25) is 5.91 Å². The third-order valence-corrected chi connectivity index (χ3v) is 5.44. The van der Waals surface area contributed by atoms with Crippen molar-refractivity contribution in [1.29, 1.82) is 0 Å². The molecule has 0 bridgehead atoms. The number of sulfonamides is 1. The number of carbonyl (C=O) groups is 1. The maximum Gasteiger partial charge on any atom is 0.261 e. The van der Waals surface area contributed by atoms with E-state index in [-0.39, 0.29) is 10.6 Å². The lowest BCUT2D eigenvalue weighted by Crippen LogP contribution is -2.22. The van der Waals surface area contributed by atoms with Crippen LogP contribution in [0.25, 0.3) is 0 Å². The van der Waals surface area contributed by atoms with Crippen LogP contribution >= 0.6 is 0 Å². The third-order valence-electron chi connectivity index (χ3n) is 4.07. The maximum absolute atomic E-state index is 13.7. The number of halogens is 1. The second-order valence-corrected chi connectivity index (χ2v) is 7.77. The lowest BCUT2D eigenvalue weighted by Gasteiger charge is -2.18. The van der Waals surface area contributed by atoms with Crippen LogP contribution in [-0.2, 0) is 21.4 Å². The molecule has 0 atom stereocenters. The molecular formula is C19H24FN3O3S. The number of benzene rings is 2. The van der Waals surface area contributed by atoms with Crippen molar-refractivity contribution in [2.75, 3.05) is 23.1 Å². The van der Waals surface area contributed by atoms with Crippen molar-refractivity contribution < 1.29 is 17.6 Å². The van der Waals surface area contributed by atoms with Gasteiger partial charge >= 0.3 is 0 Å². The van der Waals surface area contributed by atoms with Gasteiger partial charge in [-0.25, -0.2) is 12.8 Å². The Balaban J connectivity index is 2.17. The van der Waals surface area contributed by atoms with Gasteiger partial charge in [0.05, 0.1) is 10.6 Å². The Morgan fingerprint density at radius 3 is 2.26 bits per heavy atom. The summed E-state index contributed by atoms with van der Waals surface area (Å²) in [4.78, 5) is 13.2. The van der Waals surface area contributed by atoms with Crippen molar-refractivity contribution in [3.63, 3.8) is 0 Å². The van der Waals surface area contributed by atoms with E-state index in [0.29, 0.717) is 5.69 Å². The highest BCUT2D eigenvalue weighted by atomic mass is 32.2. The summed E-state index contributed by atoms with van der Waals surface area (Å²) < 4.78 is 41.3. The van der Waals surface area contributed by atoms with Crippen molar-refractivity contribution >= 4 is 27.3 Å². The molecule has 146 valence electrons. The summed E-state index contributed by atoms with van der Waals surface area (Å²) >= 11 is 0. The van der Waals surface area contributed by atoms with Crippen LogP contribution < -0.4 is 10.0 Å². The highest BCUT2D eigenvalue weighted by Gasteiger charge is 2.17. The molecule has 2 rings (SSSR count). The average Bonchev–Trinajstić information content (AvgIpc) is 2.62. The summed E-state index contributed by atoms with van der Waals surface area (Å²) in [6.45, 7) is 8.06. The first kappa shape index (κ1) is 20.9. The van der Waals surface area contributed by atoms with Crippen molar-refractivity contribution in [3.05, 3.63) is 53.8 Å². The van der Waals surface area contributed by atoms with Gasteiger partial charge in [-0.1, -0.05) is 26.0 Å². The van der Waals surface area contributed by atoms with Gasteiger partial charge in [0.1, 0.15) is 5.82 Å². The van der Waals surface area contributed by atoms with Crippen LogP contribution in [0.5, 0.6) is 0 Å². The van der Waals surface area contributed by atoms with E-state index in [2.05, 4.69) is 28.8 Å². The molecule has 27 heavy (non-hydrogen) atoms. The van der Waals surface area contributed by atoms with Gasteiger partial charge in [-0.15, -0.1) is 0 Å². The van der Waals surface area contributed by atoms with Gasteiger partial charge in [-0.2, -0.15) is 0 Å². The molecule has 1 amide bonds. The second-order valence-electron chi connectivity index (χ2n) is 6.09. The van der Waals surface area contributed by atoms with Gasteiger partial charge in [-0.05, 0) is 49.0 Å². The standard InChI is InChI=1S/C19H24FN3O3S/c1-4-23(5-2)13-15-6-8-16(9-7-15)22-27(25,26)17-10-11-18(20)19(12-17)21-14(3)24/h6-12,22H,4-5,13H2,1-3H3,(H,21,24). The van der Waals surface area contributed by atoms with Gasteiger partial charge in [0.15, 0.2) is 0 Å². The van der Waals surface area contributed by atoms with E-state index in [0.717, 1.165) is 43.4 Å². The Labute approximate surface area is 159 Å². The first-order chi connectivity index (χ1) is 12.7. The summed E-state index contributed by atoms with van der Waals surface area (Å²) in [5, 5.41) is 2.28. The van der Waals surface area contributed by atoms with Crippen LogP contribution in [0.2, 0.25) is 0 Å². The quantitative estimate of drug-likeness (QED) is 0.720. The fourth-order valence-corrected chi connectivity index (χ4v) is 3.64. The molecule has 2 aromatic rings. The zero-order valence-electron chi connectivity index (χ0n) is 15.6. The molecule has 0 aliphatic heterocycles. The molecule has 6 nitrogen and oxygen atoms in total. The lowest BCUT2D eigenvalue weighted by molar-refractivity contribution is -0.114. The number of carbonyl (C=O) groups excluding carboxylic acids is 1. The Morgan fingerprint density at radius 2 is 1.70 bits per heavy atom. The largest absolute Gasteiger partial charge is 0.324 e. The van der Waals surface area contributed by atoms with Crippen LogP contribution in [0, 0.1) is 5.82 Å². The van der Waals surface area contributed by atoms with E-state index in [1.165, 1.54) is 6.92 Å². The minimum atomic E-state index is -3.91. The Kier molecular flexibility index (Phi) is 6.92. The fourth-order valence-electron chi connectivity index (χ4n) is 2.55. The Morgan fingerprint density at radius 1 is 1.07 bits per heavy atom. The van der Waals surface area contributed by atoms with Crippen LogP contribution in [-0.4, -0.2) is 32.3 Å². The maximum atomic E-state index is 13.7. The van der Waals surface area contributed by atoms with Crippen LogP contribution in [0.15, 0.2) is 47.4 Å². The average molecular weight is 393 g/mol. The molecule has 0 spiro atoms. The van der Waals surface area contributed by atoms with Crippen molar-refractivity contribution in [3.8, 4) is 0 Å². The minimum Gasteiger partial charge on any atom is -0.324 e. The topological polar surface area (TPSA) is 78.5 Å². The fraction of sp³-hybridized carbons (Fsp3) is 0.316. The summed E-state index contributed by atoms with van der Waals surface area (Å²) in [5.41, 5.74) is 1.31. The summed E-state index contributed by atoms with van der Waals surface area (Å²) in [6, 6.07) is 10.4. The molecule has 0 aliphatic rings. The predicted octanol–water partition coefficient (Wildman–Crippen LogP) is 3.43. The molecule has 8 heteroatoms. The molecule has 2 aromatic carbocycles. The molecule has 0 saturated heterocycles. The van der Waals surface area contributed by atoms with E-state index in [1.54, 1.807) is 12.1 Å². The van der Waals surface area contributed by atoms with Gasteiger partial charge in [-0.3, -0.25) is 14.4 Å². The number of nitrogens with one attached hydrogen (secondary N) is 2. The van der Waals surface area contributed by atoms with Gasteiger partial charge < -0.3 is 5.32 Å². The first-order valence-electron chi connectivity index (χ1n) is 8.66. The van der Waals surface area contributed by atoms with Crippen molar-refractivity contribution in [1.82, 2.24) is 4.90 Å². The molecule has 0 radical (unpaired) electrons. The minimum absolute atomic E-state index is 0.139. The van der Waals surface area contributed by atoms with Crippen LogP contribution in [0.1, 0.15) is 26.3 Å². The van der Waals surface area contributed by atoms with E-state index in [1.807, 2.05) is 12.1 Å². The normalized spacial score (nSPS) is 11.4. The molecule has 0 aliphatic carbocycles. The molecule has 0 aromatic heterocycles. The molecule has 0 heterocycles. The van der Waals surface area contributed by atoms with E-state index >= 15 is 0 Å². The number of amides is 1. The number of hydrogen-bond donors (Lipinski definition) is 2. The molecule has 0 unspecified atom stereocenters. The number of nitrogens with zero attached hydrogens (tertiary/aromatic N) is 1. The Bertz CT molecular complexity index is 895. The predicted molar refractivity (Wildman–Crippen MR) is 105 cm³/mol. The third kappa shape index (κ3) is 5.77. The van der Waals surface area contributed by atoms with Crippen LogP contribution in [0.3, 0.4) is 0 Å². The highest BCUT2D eigenvalue weighted by molar-refractivity contribution is 7.92. The smallest absolute Gasteiger partial charge is 0.261 e. The SMILES string of the molecule is CCN(CC)Cc1ccc(NS(=O)(=O)c2ccc(F)c(NC(C)=O)c2)cc1. The molecule has 2 N–H and O–H groups in total. The second kappa shape index (κ2) is 8.96. The zero-order chi connectivity index (χ0) is 20.0. The lowest BCUT2D eigenvalue weighted by atomic mass is 10.2. The van der Waals surface area contributed by atoms with Gasteiger partial charge in [0, 0.05) is 19.2 Å². The number of rotatable bonds is 8. The Hall–Kier alpha value is -2.45. The molecule has 0 fully saturated rings. The zero-order valence-corrected chi connectivity index (χ0v) is 16.4. The van der Waals surface area contributed by atoms with Crippen molar-refractivity contribution in [2.45, 2.75) is 32.2 Å². The molecule has 0 saturated carbocycles. The van der Waals surface area contributed by atoms with Crippen LogP contribution in [0.4, 0.5) is 15.8 Å². The molecular weight excluding hydrogens is 369 g/mol. The number of hydrogen-bond acceptors (Lipinski definition) is 4. The highest BCUT2D eigenvalue weighted by Crippen LogP contribution is 2.22. The summed E-state index contributed by atoms with van der Waals surface area (Å²) in [7, 11) is -3.91. The van der Waals surface area contributed by atoms with E-state index in [9.17, 15) is 17.6 Å². The van der Waals surface area contributed by atoms with Gasteiger partial charge in [0.25, 0.3) is 10.0 Å². The monoisotopic (exact) mass is 393 g/mol. The first-order valence-corrected chi connectivity index (χ1v) is 10.1. The van der Waals surface area contributed by atoms with Crippen molar-refractivity contribution in [2.24, 2.45) is 0 Å². The van der Waals surface area contributed by atoms with E-state index < -0.39 is 21.7 Å². The summed E-state index contributed by atoms with van der Waals surface area (Å²) in [6.07, 6.45) is 0. The number of anilines is 2.